The molecule has 112 valence electrons. The second-order valence-electron chi connectivity index (χ2n) is 5.78. The van der Waals surface area contributed by atoms with Crippen molar-refractivity contribution < 1.29 is 4.74 Å². The third-order valence-corrected chi connectivity index (χ3v) is 4.49. The van der Waals surface area contributed by atoms with Crippen molar-refractivity contribution >= 4 is 11.6 Å². The summed E-state index contributed by atoms with van der Waals surface area (Å²) < 4.78 is 6.04. The Morgan fingerprint density at radius 3 is 2.75 bits per heavy atom. The van der Waals surface area contributed by atoms with Gasteiger partial charge in [-0.3, -0.25) is 0 Å². The van der Waals surface area contributed by atoms with Gasteiger partial charge in [0.2, 0.25) is 0 Å². The number of rotatable bonds is 6. The summed E-state index contributed by atoms with van der Waals surface area (Å²) in [4.78, 5) is 0. The van der Waals surface area contributed by atoms with Gasteiger partial charge in [0, 0.05) is 11.1 Å². The average molecular weight is 296 g/mol. The number of benzene rings is 1. The lowest BCUT2D eigenvalue weighted by Crippen LogP contribution is -2.41. The van der Waals surface area contributed by atoms with Crippen LogP contribution in [-0.4, -0.2) is 19.2 Å². The topological polar surface area (TPSA) is 21.3 Å². The third kappa shape index (κ3) is 4.39. The van der Waals surface area contributed by atoms with Gasteiger partial charge in [0.1, 0.15) is 12.4 Å². The number of likely N-dealkylation sites (N-methyl/N-ethyl adjacent to an activating group) is 1. The highest BCUT2D eigenvalue weighted by Gasteiger charge is 2.23. The normalized spacial score (nSPS) is 17.9. The van der Waals surface area contributed by atoms with E-state index < -0.39 is 0 Å². The fourth-order valence-corrected chi connectivity index (χ4v) is 3.23. The zero-order chi connectivity index (χ0) is 14.4. The highest BCUT2D eigenvalue weighted by Crippen LogP contribution is 2.28. The van der Waals surface area contributed by atoms with Crippen molar-refractivity contribution in [3.05, 3.63) is 28.8 Å². The van der Waals surface area contributed by atoms with Crippen molar-refractivity contribution in [2.75, 3.05) is 13.2 Å². The molecule has 2 rings (SSSR count). The fourth-order valence-electron chi connectivity index (χ4n) is 3.07. The van der Waals surface area contributed by atoms with E-state index in [-0.39, 0.29) is 0 Å². The summed E-state index contributed by atoms with van der Waals surface area (Å²) in [5.41, 5.74) is 1.15. The predicted octanol–water partition coefficient (Wildman–Crippen LogP) is 4.59. The molecule has 2 nitrogen and oxygen atoms in total. The molecule has 0 saturated heterocycles. The number of nitrogens with one attached hydrogen (secondary N) is 1. The molecule has 0 amide bonds. The van der Waals surface area contributed by atoms with Crippen molar-refractivity contribution in [3.8, 4) is 5.75 Å². The highest BCUT2D eigenvalue weighted by atomic mass is 35.5. The van der Waals surface area contributed by atoms with Gasteiger partial charge in [-0.15, -0.1) is 0 Å². The van der Waals surface area contributed by atoms with Crippen LogP contribution in [0.3, 0.4) is 0 Å². The van der Waals surface area contributed by atoms with E-state index in [1.54, 1.807) is 0 Å². The van der Waals surface area contributed by atoms with Crippen LogP contribution in [0.25, 0.3) is 0 Å². The Morgan fingerprint density at radius 1 is 1.30 bits per heavy atom. The lowest BCUT2D eigenvalue weighted by Gasteiger charge is -2.31. The van der Waals surface area contributed by atoms with Gasteiger partial charge in [-0.25, -0.2) is 0 Å². The highest BCUT2D eigenvalue weighted by molar-refractivity contribution is 6.30. The van der Waals surface area contributed by atoms with E-state index in [1.807, 2.05) is 18.2 Å². The van der Waals surface area contributed by atoms with E-state index in [0.29, 0.717) is 6.04 Å². The average Bonchev–Trinajstić information content (AvgIpc) is 2.47. The number of hydrogen-bond donors (Lipinski definition) is 1. The summed E-state index contributed by atoms with van der Waals surface area (Å²) in [7, 11) is 0. The molecule has 1 unspecified atom stereocenters. The van der Waals surface area contributed by atoms with Gasteiger partial charge in [0.25, 0.3) is 0 Å². The van der Waals surface area contributed by atoms with Gasteiger partial charge in [0.05, 0.1) is 0 Å². The van der Waals surface area contributed by atoms with Gasteiger partial charge in [0.15, 0.2) is 0 Å². The van der Waals surface area contributed by atoms with E-state index in [9.17, 15) is 0 Å². The molecule has 0 aliphatic heterocycles. The first kappa shape index (κ1) is 15.7. The van der Waals surface area contributed by atoms with Crippen LogP contribution in [-0.2, 0) is 0 Å². The molecule has 1 aromatic carbocycles. The quantitative estimate of drug-likeness (QED) is 0.829. The van der Waals surface area contributed by atoms with Gasteiger partial charge < -0.3 is 10.1 Å². The second-order valence-corrected chi connectivity index (χ2v) is 6.22. The van der Waals surface area contributed by atoms with Crippen molar-refractivity contribution in [1.29, 1.82) is 0 Å². The molecule has 1 aliphatic carbocycles. The monoisotopic (exact) mass is 295 g/mol. The Hall–Kier alpha value is -0.730. The first-order valence-corrected chi connectivity index (χ1v) is 8.21. The molecule has 0 heterocycles. The molecule has 1 aliphatic rings. The largest absolute Gasteiger partial charge is 0.492 e. The summed E-state index contributed by atoms with van der Waals surface area (Å²) in [6.07, 6.45) is 6.78. The summed E-state index contributed by atoms with van der Waals surface area (Å²) in [6, 6.07) is 6.30. The van der Waals surface area contributed by atoms with Crippen LogP contribution < -0.4 is 10.1 Å². The predicted molar refractivity (Wildman–Crippen MR) is 85.7 cm³/mol. The minimum atomic E-state index is 0.457. The van der Waals surface area contributed by atoms with Crippen LogP contribution in [0.5, 0.6) is 5.75 Å². The lowest BCUT2D eigenvalue weighted by molar-refractivity contribution is 0.187. The molecule has 20 heavy (non-hydrogen) atoms. The van der Waals surface area contributed by atoms with E-state index in [2.05, 4.69) is 19.2 Å². The molecular formula is C17H26ClNO. The van der Waals surface area contributed by atoms with Crippen LogP contribution in [0.15, 0.2) is 18.2 Å². The summed E-state index contributed by atoms with van der Waals surface area (Å²) in [6.45, 7) is 5.97. The summed E-state index contributed by atoms with van der Waals surface area (Å²) in [5.74, 6) is 1.67. The maximum absolute atomic E-state index is 6.05. The molecule has 1 saturated carbocycles. The molecule has 0 bridgehead atoms. The first-order valence-electron chi connectivity index (χ1n) is 7.83. The number of aryl methyl sites for hydroxylation is 1. The van der Waals surface area contributed by atoms with E-state index in [1.165, 1.54) is 32.1 Å². The third-order valence-electron chi connectivity index (χ3n) is 4.25. The molecular weight excluding hydrogens is 270 g/mol. The Labute approximate surface area is 127 Å². The minimum Gasteiger partial charge on any atom is -0.492 e. The number of halogens is 1. The van der Waals surface area contributed by atoms with Gasteiger partial charge in [-0.05, 0) is 49.9 Å². The summed E-state index contributed by atoms with van der Waals surface area (Å²) >= 11 is 6.05. The molecule has 3 heteroatoms. The SMILES string of the molecule is CCNC(COc1cc(Cl)ccc1C)C1CCCCC1. The molecule has 1 N–H and O–H groups in total. The van der Waals surface area contributed by atoms with Crippen molar-refractivity contribution in [2.24, 2.45) is 5.92 Å². The van der Waals surface area contributed by atoms with E-state index in [0.717, 1.165) is 35.4 Å². The van der Waals surface area contributed by atoms with E-state index in [4.69, 9.17) is 16.3 Å². The van der Waals surface area contributed by atoms with Crippen molar-refractivity contribution in [1.82, 2.24) is 5.32 Å². The van der Waals surface area contributed by atoms with Crippen LogP contribution in [0.1, 0.15) is 44.6 Å². The maximum Gasteiger partial charge on any atom is 0.123 e. The van der Waals surface area contributed by atoms with Gasteiger partial charge in [-0.1, -0.05) is 43.9 Å². The Morgan fingerprint density at radius 2 is 2.05 bits per heavy atom. The fraction of sp³-hybridized carbons (Fsp3) is 0.647. The molecule has 1 atom stereocenters. The maximum atomic E-state index is 6.05. The smallest absolute Gasteiger partial charge is 0.123 e. The second kappa shape index (κ2) is 7.90. The Bertz CT molecular complexity index is 415. The van der Waals surface area contributed by atoms with Crippen LogP contribution in [0, 0.1) is 12.8 Å². The van der Waals surface area contributed by atoms with Crippen molar-refractivity contribution in [3.63, 3.8) is 0 Å². The van der Waals surface area contributed by atoms with Crippen LogP contribution >= 0.6 is 11.6 Å². The first-order chi connectivity index (χ1) is 9.70. The standard InChI is InChI=1S/C17H26ClNO/c1-3-19-16(14-7-5-4-6-8-14)12-20-17-11-15(18)10-9-13(17)2/h9-11,14,16,19H,3-8,12H2,1-2H3. The summed E-state index contributed by atoms with van der Waals surface area (Å²) in [5, 5.41) is 4.34. The van der Waals surface area contributed by atoms with Gasteiger partial charge in [-0.2, -0.15) is 0 Å². The van der Waals surface area contributed by atoms with Gasteiger partial charge >= 0.3 is 0 Å². The molecule has 0 spiro atoms. The Kier molecular flexibility index (Phi) is 6.18. The van der Waals surface area contributed by atoms with E-state index >= 15 is 0 Å². The molecule has 1 fully saturated rings. The zero-order valence-electron chi connectivity index (χ0n) is 12.6. The number of ether oxygens (including phenoxy) is 1. The molecule has 1 aromatic rings. The Balaban J connectivity index is 1.95. The number of hydrogen-bond acceptors (Lipinski definition) is 2. The van der Waals surface area contributed by atoms with Crippen LogP contribution in [0.2, 0.25) is 5.02 Å². The minimum absolute atomic E-state index is 0.457. The van der Waals surface area contributed by atoms with Crippen LogP contribution in [0.4, 0.5) is 0 Å². The molecule has 0 radical (unpaired) electrons. The zero-order valence-corrected chi connectivity index (χ0v) is 13.4. The lowest BCUT2D eigenvalue weighted by atomic mass is 9.84. The molecule has 0 aromatic heterocycles. The van der Waals surface area contributed by atoms with Crippen molar-refractivity contribution in [2.45, 2.75) is 52.0 Å².